The summed E-state index contributed by atoms with van der Waals surface area (Å²) in [6, 6.07) is 16.8. The van der Waals surface area contributed by atoms with Crippen LogP contribution in [0, 0.1) is 13.8 Å². The Morgan fingerprint density at radius 2 is 1.77 bits per heavy atom. The molecule has 0 bridgehead atoms. The molecule has 26 heavy (non-hydrogen) atoms. The fourth-order valence-electron chi connectivity index (χ4n) is 2.45. The molecule has 3 rings (SSSR count). The van der Waals surface area contributed by atoms with Crippen molar-refractivity contribution in [2.75, 3.05) is 10.6 Å². The third-order valence-electron chi connectivity index (χ3n) is 3.84. The first-order chi connectivity index (χ1) is 12.5. The van der Waals surface area contributed by atoms with Crippen LogP contribution in [0.25, 0.3) is 0 Å². The average Bonchev–Trinajstić information content (AvgIpc) is 2.63. The molecule has 0 radical (unpaired) electrons. The Morgan fingerprint density at radius 1 is 1.04 bits per heavy atom. The molecule has 1 amide bonds. The van der Waals surface area contributed by atoms with Crippen LogP contribution in [-0.4, -0.2) is 15.9 Å². The van der Waals surface area contributed by atoms with Gasteiger partial charge in [0.05, 0.1) is 0 Å². The maximum absolute atomic E-state index is 12.5. The van der Waals surface area contributed by atoms with Gasteiger partial charge in [-0.05, 0) is 49.2 Å². The molecule has 0 fully saturated rings. The SMILES string of the molecule is Cc1cc(C(=O)Nc2ccccc2C)nc(NCc2ccc(Cl)cc2)n1. The molecule has 6 heteroatoms. The summed E-state index contributed by atoms with van der Waals surface area (Å²) in [6.45, 7) is 4.32. The summed E-state index contributed by atoms with van der Waals surface area (Å²) in [4.78, 5) is 21.2. The molecule has 132 valence electrons. The summed E-state index contributed by atoms with van der Waals surface area (Å²) in [5, 5.41) is 6.73. The number of aromatic nitrogens is 2. The summed E-state index contributed by atoms with van der Waals surface area (Å²) >= 11 is 5.89. The molecule has 0 unspecified atom stereocenters. The second-order valence-corrected chi connectivity index (χ2v) is 6.40. The van der Waals surface area contributed by atoms with E-state index in [9.17, 15) is 4.79 Å². The maximum atomic E-state index is 12.5. The molecule has 0 aliphatic carbocycles. The lowest BCUT2D eigenvalue weighted by molar-refractivity contribution is 0.102. The molecule has 0 saturated carbocycles. The van der Waals surface area contributed by atoms with E-state index in [-0.39, 0.29) is 5.91 Å². The van der Waals surface area contributed by atoms with Crippen LogP contribution in [0.1, 0.15) is 27.3 Å². The number of halogens is 1. The minimum Gasteiger partial charge on any atom is -0.350 e. The van der Waals surface area contributed by atoms with Crippen LogP contribution < -0.4 is 10.6 Å². The molecule has 5 nitrogen and oxygen atoms in total. The number of hydrogen-bond donors (Lipinski definition) is 2. The Bertz CT molecular complexity index is 925. The van der Waals surface area contributed by atoms with Crippen LogP contribution in [0.5, 0.6) is 0 Å². The fourth-order valence-corrected chi connectivity index (χ4v) is 2.57. The Labute approximate surface area is 157 Å². The maximum Gasteiger partial charge on any atom is 0.274 e. The van der Waals surface area contributed by atoms with Gasteiger partial charge in [0.2, 0.25) is 5.95 Å². The monoisotopic (exact) mass is 366 g/mol. The van der Waals surface area contributed by atoms with Gasteiger partial charge in [-0.1, -0.05) is 41.9 Å². The molecule has 0 aliphatic heterocycles. The second-order valence-electron chi connectivity index (χ2n) is 5.97. The van der Waals surface area contributed by atoms with E-state index in [1.54, 1.807) is 6.07 Å². The first kappa shape index (κ1) is 17.9. The van der Waals surface area contributed by atoms with Crippen LogP contribution in [0.3, 0.4) is 0 Å². The molecule has 0 saturated heterocycles. The minimum absolute atomic E-state index is 0.264. The van der Waals surface area contributed by atoms with Crippen LogP contribution in [0.2, 0.25) is 5.02 Å². The van der Waals surface area contributed by atoms with E-state index in [4.69, 9.17) is 11.6 Å². The van der Waals surface area contributed by atoms with Crippen molar-refractivity contribution in [3.05, 3.63) is 82.1 Å². The van der Waals surface area contributed by atoms with Crippen LogP contribution in [0.4, 0.5) is 11.6 Å². The first-order valence-electron chi connectivity index (χ1n) is 8.22. The van der Waals surface area contributed by atoms with Crippen molar-refractivity contribution in [1.82, 2.24) is 9.97 Å². The van der Waals surface area contributed by atoms with Crippen LogP contribution in [-0.2, 0) is 6.54 Å². The van der Waals surface area contributed by atoms with E-state index in [0.29, 0.717) is 28.9 Å². The van der Waals surface area contributed by atoms with Gasteiger partial charge in [-0.15, -0.1) is 0 Å². The predicted octanol–water partition coefficient (Wildman–Crippen LogP) is 4.61. The molecule has 1 heterocycles. The fraction of sp³-hybridized carbons (Fsp3) is 0.150. The molecule has 0 spiro atoms. The standard InChI is InChI=1S/C20H19ClN4O/c1-13-5-3-4-6-17(13)24-19(26)18-11-14(2)23-20(25-18)22-12-15-7-9-16(21)10-8-15/h3-11H,12H2,1-2H3,(H,24,26)(H,22,23,25). The molecular formula is C20H19ClN4O. The number of rotatable bonds is 5. The van der Waals surface area contributed by atoms with Gasteiger partial charge in [0.25, 0.3) is 5.91 Å². The molecule has 0 atom stereocenters. The highest BCUT2D eigenvalue weighted by molar-refractivity contribution is 6.30. The van der Waals surface area contributed by atoms with Gasteiger partial charge < -0.3 is 10.6 Å². The van der Waals surface area contributed by atoms with Gasteiger partial charge in [-0.3, -0.25) is 4.79 Å². The number of aryl methyl sites for hydroxylation is 2. The highest BCUT2D eigenvalue weighted by Gasteiger charge is 2.12. The molecule has 3 aromatic rings. The Hall–Kier alpha value is -2.92. The average molecular weight is 367 g/mol. The number of hydrogen-bond acceptors (Lipinski definition) is 4. The van der Waals surface area contributed by atoms with Gasteiger partial charge in [-0.2, -0.15) is 0 Å². The molecule has 2 N–H and O–H groups in total. The lowest BCUT2D eigenvalue weighted by Crippen LogP contribution is -2.16. The predicted molar refractivity (Wildman–Crippen MR) is 105 cm³/mol. The minimum atomic E-state index is -0.264. The normalized spacial score (nSPS) is 10.4. The molecule has 1 aromatic heterocycles. The highest BCUT2D eigenvalue weighted by atomic mass is 35.5. The van der Waals surface area contributed by atoms with Gasteiger partial charge >= 0.3 is 0 Å². The number of para-hydroxylation sites is 1. The summed E-state index contributed by atoms with van der Waals surface area (Å²) in [5.74, 6) is 0.147. The van der Waals surface area contributed by atoms with Crippen molar-refractivity contribution < 1.29 is 4.79 Å². The van der Waals surface area contributed by atoms with Crippen LogP contribution >= 0.6 is 11.6 Å². The lowest BCUT2D eigenvalue weighted by atomic mass is 10.2. The Kier molecular flexibility index (Phi) is 5.49. The van der Waals surface area contributed by atoms with Gasteiger partial charge in [0.15, 0.2) is 0 Å². The zero-order valence-corrected chi connectivity index (χ0v) is 15.3. The zero-order valence-electron chi connectivity index (χ0n) is 14.6. The summed E-state index contributed by atoms with van der Waals surface area (Å²) in [5.41, 5.74) is 3.84. The zero-order chi connectivity index (χ0) is 18.5. The summed E-state index contributed by atoms with van der Waals surface area (Å²) in [6.07, 6.45) is 0. The summed E-state index contributed by atoms with van der Waals surface area (Å²) < 4.78 is 0. The van der Waals surface area contributed by atoms with Crippen molar-refractivity contribution in [3.63, 3.8) is 0 Å². The van der Waals surface area contributed by atoms with Crippen molar-refractivity contribution in [2.24, 2.45) is 0 Å². The number of nitrogens with zero attached hydrogens (tertiary/aromatic N) is 2. The summed E-state index contributed by atoms with van der Waals surface area (Å²) in [7, 11) is 0. The smallest absolute Gasteiger partial charge is 0.274 e. The quantitative estimate of drug-likeness (QED) is 0.691. The molecule has 0 aliphatic rings. The Morgan fingerprint density at radius 3 is 2.50 bits per heavy atom. The third kappa shape index (κ3) is 4.58. The third-order valence-corrected chi connectivity index (χ3v) is 4.10. The van der Waals surface area contributed by atoms with E-state index in [0.717, 1.165) is 16.8 Å². The van der Waals surface area contributed by atoms with Crippen molar-refractivity contribution >= 4 is 29.1 Å². The van der Waals surface area contributed by atoms with Crippen LogP contribution in [0.15, 0.2) is 54.6 Å². The number of nitrogens with one attached hydrogen (secondary N) is 2. The van der Waals surface area contributed by atoms with Crippen molar-refractivity contribution in [2.45, 2.75) is 20.4 Å². The van der Waals surface area contributed by atoms with E-state index in [1.807, 2.05) is 62.4 Å². The number of carbonyl (C=O) groups excluding carboxylic acids is 1. The van der Waals surface area contributed by atoms with Crippen molar-refractivity contribution in [3.8, 4) is 0 Å². The van der Waals surface area contributed by atoms with E-state index in [1.165, 1.54) is 0 Å². The molecule has 2 aromatic carbocycles. The topological polar surface area (TPSA) is 66.9 Å². The van der Waals surface area contributed by atoms with E-state index in [2.05, 4.69) is 20.6 Å². The second kappa shape index (κ2) is 7.97. The van der Waals surface area contributed by atoms with E-state index >= 15 is 0 Å². The van der Waals surface area contributed by atoms with Gasteiger partial charge in [-0.25, -0.2) is 9.97 Å². The van der Waals surface area contributed by atoms with Gasteiger partial charge in [0, 0.05) is 22.9 Å². The number of amides is 1. The Balaban J connectivity index is 1.73. The van der Waals surface area contributed by atoms with Crippen molar-refractivity contribution in [1.29, 1.82) is 0 Å². The lowest BCUT2D eigenvalue weighted by Gasteiger charge is -2.10. The first-order valence-corrected chi connectivity index (χ1v) is 8.60. The number of benzene rings is 2. The largest absolute Gasteiger partial charge is 0.350 e. The van der Waals surface area contributed by atoms with E-state index < -0.39 is 0 Å². The van der Waals surface area contributed by atoms with Gasteiger partial charge in [0.1, 0.15) is 5.69 Å². The molecular weight excluding hydrogens is 348 g/mol. The number of carbonyl (C=O) groups is 1. The highest BCUT2D eigenvalue weighted by Crippen LogP contribution is 2.15. The number of anilines is 2.